The molecule has 1 aromatic carbocycles. The van der Waals surface area contributed by atoms with Gasteiger partial charge in [-0.1, -0.05) is 12.1 Å². The van der Waals surface area contributed by atoms with Gasteiger partial charge in [-0.3, -0.25) is 0 Å². The number of benzene rings is 1. The van der Waals surface area contributed by atoms with E-state index < -0.39 is 0 Å². The first-order valence-corrected chi connectivity index (χ1v) is 5.09. The Kier molecular flexibility index (Phi) is 4.65. The Morgan fingerprint density at radius 3 is 3.00 bits per heavy atom. The van der Waals surface area contributed by atoms with E-state index in [1.54, 1.807) is 0 Å². The van der Waals surface area contributed by atoms with E-state index in [9.17, 15) is 0 Å². The highest BCUT2D eigenvalue weighted by molar-refractivity contribution is 5.30. The Morgan fingerprint density at radius 1 is 1.53 bits per heavy atom. The molecule has 0 saturated carbocycles. The predicted molar refractivity (Wildman–Crippen MR) is 59.4 cm³/mol. The molecule has 1 aromatic rings. The third-order valence-corrected chi connectivity index (χ3v) is 2.09. The average molecular weight is 204 g/mol. The van der Waals surface area contributed by atoms with Crippen molar-refractivity contribution >= 4 is 0 Å². The van der Waals surface area contributed by atoms with Crippen molar-refractivity contribution in [1.82, 2.24) is 0 Å². The maximum atomic E-state index is 8.36. The second-order valence-corrected chi connectivity index (χ2v) is 3.47. The minimum absolute atomic E-state index is 0.0210. The zero-order chi connectivity index (χ0) is 11.1. The molecular formula is C12H16N2O. The Hall–Kier alpha value is -1.53. The lowest BCUT2D eigenvalue weighted by atomic mass is 10.1. The van der Waals surface area contributed by atoms with Crippen molar-refractivity contribution in [3.05, 3.63) is 29.8 Å². The van der Waals surface area contributed by atoms with Gasteiger partial charge in [-0.25, -0.2) is 0 Å². The van der Waals surface area contributed by atoms with Gasteiger partial charge in [-0.15, -0.1) is 0 Å². The fourth-order valence-electron chi connectivity index (χ4n) is 1.23. The molecule has 3 nitrogen and oxygen atoms in total. The third-order valence-electron chi connectivity index (χ3n) is 2.09. The maximum Gasteiger partial charge on any atom is 0.119 e. The van der Waals surface area contributed by atoms with Gasteiger partial charge >= 0.3 is 0 Å². The smallest absolute Gasteiger partial charge is 0.119 e. The van der Waals surface area contributed by atoms with E-state index in [2.05, 4.69) is 6.07 Å². The van der Waals surface area contributed by atoms with Gasteiger partial charge in [0.25, 0.3) is 0 Å². The average Bonchev–Trinajstić information content (AvgIpc) is 2.25. The first kappa shape index (κ1) is 11.5. The van der Waals surface area contributed by atoms with E-state index >= 15 is 0 Å². The van der Waals surface area contributed by atoms with E-state index in [-0.39, 0.29) is 6.04 Å². The molecule has 0 amide bonds. The van der Waals surface area contributed by atoms with Crippen molar-refractivity contribution in [2.75, 3.05) is 6.61 Å². The molecule has 80 valence electrons. The predicted octanol–water partition coefficient (Wildman–Crippen LogP) is 2.39. The van der Waals surface area contributed by atoms with Crippen LogP contribution in [0.3, 0.4) is 0 Å². The molecule has 0 aromatic heterocycles. The lowest BCUT2D eigenvalue weighted by Gasteiger charge is -2.09. The van der Waals surface area contributed by atoms with Crippen molar-refractivity contribution in [2.45, 2.75) is 25.8 Å². The van der Waals surface area contributed by atoms with Crippen LogP contribution >= 0.6 is 0 Å². The minimum Gasteiger partial charge on any atom is -0.494 e. The maximum absolute atomic E-state index is 8.36. The van der Waals surface area contributed by atoms with Gasteiger partial charge in [-0.2, -0.15) is 5.26 Å². The summed E-state index contributed by atoms with van der Waals surface area (Å²) in [5, 5.41) is 8.36. The summed E-state index contributed by atoms with van der Waals surface area (Å²) in [5.74, 6) is 0.822. The summed E-state index contributed by atoms with van der Waals surface area (Å²) in [6.07, 6.45) is 1.30. The second kappa shape index (κ2) is 6.05. The number of nitrogens with two attached hydrogens (primary N) is 1. The van der Waals surface area contributed by atoms with Gasteiger partial charge in [0.15, 0.2) is 0 Å². The van der Waals surface area contributed by atoms with E-state index in [1.807, 2.05) is 31.2 Å². The number of hydrogen-bond acceptors (Lipinski definition) is 3. The Balaban J connectivity index is 2.48. The fraction of sp³-hybridized carbons (Fsp3) is 0.417. The van der Waals surface area contributed by atoms with Gasteiger partial charge in [0, 0.05) is 12.5 Å². The lowest BCUT2D eigenvalue weighted by Crippen LogP contribution is -2.05. The van der Waals surface area contributed by atoms with Crippen LogP contribution in [0, 0.1) is 11.3 Å². The summed E-state index contributed by atoms with van der Waals surface area (Å²) in [7, 11) is 0. The van der Waals surface area contributed by atoms with E-state index in [1.165, 1.54) is 0 Å². The molecule has 1 unspecified atom stereocenters. The monoisotopic (exact) mass is 204 g/mol. The normalized spacial score (nSPS) is 11.8. The SMILES string of the molecule is CC(N)c1cccc(OCCCC#N)c1. The number of ether oxygens (including phenoxy) is 1. The van der Waals surface area contributed by atoms with Crippen molar-refractivity contribution in [2.24, 2.45) is 5.73 Å². The first-order valence-electron chi connectivity index (χ1n) is 5.09. The molecule has 1 rings (SSSR count). The molecule has 15 heavy (non-hydrogen) atoms. The van der Waals surface area contributed by atoms with E-state index in [0.717, 1.165) is 17.7 Å². The van der Waals surface area contributed by atoms with Crippen molar-refractivity contribution < 1.29 is 4.74 Å². The summed E-state index contributed by atoms with van der Waals surface area (Å²) in [4.78, 5) is 0. The molecule has 1 atom stereocenters. The molecule has 2 N–H and O–H groups in total. The van der Waals surface area contributed by atoms with Crippen molar-refractivity contribution in [1.29, 1.82) is 5.26 Å². The topological polar surface area (TPSA) is 59.0 Å². The fourth-order valence-corrected chi connectivity index (χ4v) is 1.23. The highest BCUT2D eigenvalue weighted by atomic mass is 16.5. The molecule has 0 heterocycles. The van der Waals surface area contributed by atoms with Crippen LogP contribution < -0.4 is 10.5 Å². The van der Waals surface area contributed by atoms with Crippen molar-refractivity contribution in [3.8, 4) is 11.8 Å². The Bertz CT molecular complexity index is 342. The van der Waals surface area contributed by atoms with Crippen LogP contribution in [0.15, 0.2) is 24.3 Å². The summed E-state index contributed by atoms with van der Waals surface area (Å²) in [5.41, 5.74) is 6.82. The van der Waals surface area contributed by atoms with Crippen LogP contribution in [-0.2, 0) is 0 Å². The number of rotatable bonds is 5. The standard InChI is InChI=1S/C12H16N2O/c1-10(14)11-5-4-6-12(9-11)15-8-3-2-7-13/h4-6,9-10H,2-3,8,14H2,1H3. The number of unbranched alkanes of at least 4 members (excludes halogenated alkanes) is 1. The molecule has 0 fully saturated rings. The number of hydrogen-bond donors (Lipinski definition) is 1. The molecular weight excluding hydrogens is 188 g/mol. The van der Waals surface area contributed by atoms with Crippen LogP contribution in [-0.4, -0.2) is 6.61 Å². The summed E-state index contributed by atoms with van der Waals surface area (Å²) in [6.45, 7) is 2.52. The van der Waals surface area contributed by atoms with Gasteiger partial charge < -0.3 is 10.5 Å². The van der Waals surface area contributed by atoms with Gasteiger partial charge in [0.1, 0.15) is 5.75 Å². The summed E-state index contributed by atoms with van der Waals surface area (Å²) >= 11 is 0. The first-order chi connectivity index (χ1) is 7.24. The summed E-state index contributed by atoms with van der Waals surface area (Å²) in [6, 6.07) is 9.85. The molecule has 0 spiro atoms. The molecule has 0 aliphatic rings. The molecule has 0 bridgehead atoms. The summed E-state index contributed by atoms with van der Waals surface area (Å²) < 4.78 is 5.49. The largest absolute Gasteiger partial charge is 0.494 e. The van der Waals surface area contributed by atoms with Gasteiger partial charge in [0.2, 0.25) is 0 Å². The molecule has 3 heteroatoms. The van der Waals surface area contributed by atoms with Crippen LogP contribution in [0.2, 0.25) is 0 Å². The van der Waals surface area contributed by atoms with E-state index in [4.69, 9.17) is 15.7 Å². The van der Waals surface area contributed by atoms with Crippen LogP contribution in [0.4, 0.5) is 0 Å². The highest BCUT2D eigenvalue weighted by Gasteiger charge is 2.00. The Morgan fingerprint density at radius 2 is 2.33 bits per heavy atom. The van der Waals surface area contributed by atoms with Gasteiger partial charge in [0.05, 0.1) is 12.7 Å². The minimum atomic E-state index is 0.0210. The zero-order valence-corrected chi connectivity index (χ0v) is 8.94. The van der Waals surface area contributed by atoms with E-state index in [0.29, 0.717) is 13.0 Å². The molecule has 0 radical (unpaired) electrons. The quantitative estimate of drug-likeness (QED) is 0.749. The molecule has 0 saturated heterocycles. The van der Waals surface area contributed by atoms with Crippen molar-refractivity contribution in [3.63, 3.8) is 0 Å². The number of nitrogens with zero attached hydrogens (tertiary/aromatic N) is 1. The highest BCUT2D eigenvalue weighted by Crippen LogP contribution is 2.17. The second-order valence-electron chi connectivity index (χ2n) is 3.47. The lowest BCUT2D eigenvalue weighted by molar-refractivity contribution is 0.312. The Labute approximate surface area is 90.5 Å². The third kappa shape index (κ3) is 4.01. The number of nitriles is 1. The molecule has 0 aliphatic carbocycles. The zero-order valence-electron chi connectivity index (χ0n) is 8.94. The van der Waals surface area contributed by atoms with Gasteiger partial charge in [-0.05, 0) is 31.0 Å². The molecule has 0 aliphatic heterocycles. The van der Waals surface area contributed by atoms with Crippen LogP contribution in [0.25, 0.3) is 0 Å². The van der Waals surface area contributed by atoms with Crippen LogP contribution in [0.1, 0.15) is 31.4 Å². The van der Waals surface area contributed by atoms with Crippen LogP contribution in [0.5, 0.6) is 5.75 Å².